The van der Waals surface area contributed by atoms with E-state index in [1.165, 1.54) is 12.8 Å². The highest BCUT2D eigenvalue weighted by molar-refractivity contribution is 5.16. The van der Waals surface area contributed by atoms with Gasteiger partial charge in [-0.05, 0) is 51.5 Å². The predicted octanol–water partition coefficient (Wildman–Crippen LogP) is 3.20. The topological polar surface area (TPSA) is 38.2 Å². The molecule has 0 unspecified atom stereocenters. The second-order valence-corrected chi connectivity index (χ2v) is 6.60. The van der Waals surface area contributed by atoms with Crippen LogP contribution in [0.4, 0.5) is 0 Å². The quantitative estimate of drug-likeness (QED) is 0.846. The highest BCUT2D eigenvalue weighted by atomic mass is 16.5. The van der Waals surface area contributed by atoms with Gasteiger partial charge in [-0.1, -0.05) is 6.92 Å². The Morgan fingerprint density at radius 1 is 1.15 bits per heavy atom. The van der Waals surface area contributed by atoms with Gasteiger partial charge in [0.15, 0.2) is 0 Å². The highest BCUT2D eigenvalue weighted by Crippen LogP contribution is 2.34. The van der Waals surface area contributed by atoms with Crippen molar-refractivity contribution in [1.29, 1.82) is 0 Å². The Morgan fingerprint density at radius 2 is 1.95 bits per heavy atom. The number of nitrogens with zero attached hydrogens (tertiary/aromatic N) is 3. The highest BCUT2D eigenvalue weighted by Gasteiger charge is 2.30. The summed E-state index contributed by atoms with van der Waals surface area (Å²) in [4.78, 5) is 2.56. The second-order valence-electron chi connectivity index (χ2n) is 6.60. The minimum absolute atomic E-state index is 0.387. The van der Waals surface area contributed by atoms with Gasteiger partial charge in [0.1, 0.15) is 6.10 Å². The molecule has 2 aliphatic rings. The van der Waals surface area contributed by atoms with E-state index in [1.54, 1.807) is 0 Å². The summed E-state index contributed by atoms with van der Waals surface area (Å²) >= 11 is 0. The molecule has 2 atom stereocenters. The molecule has 0 bridgehead atoms. The fourth-order valence-corrected chi connectivity index (χ4v) is 3.00. The average molecular weight is 275 g/mol. The summed E-state index contributed by atoms with van der Waals surface area (Å²) < 4.78 is 5.67. The van der Waals surface area contributed by atoms with Crippen LogP contribution in [0.2, 0.25) is 0 Å². The third-order valence-corrected chi connectivity index (χ3v) is 4.33. The molecule has 3 rings (SSSR count). The second kappa shape index (κ2) is 5.68. The molecule has 2 fully saturated rings. The van der Waals surface area contributed by atoms with Crippen molar-refractivity contribution in [3.05, 3.63) is 17.8 Å². The molecular formula is C16H25N3O. The molecule has 0 amide bonds. The number of rotatable bonds is 4. The summed E-state index contributed by atoms with van der Waals surface area (Å²) in [6.45, 7) is 8.03. The van der Waals surface area contributed by atoms with Gasteiger partial charge in [0.25, 0.3) is 0 Å². The molecule has 4 nitrogen and oxygen atoms in total. The summed E-state index contributed by atoms with van der Waals surface area (Å²) in [6, 6.07) is 5.04. The van der Waals surface area contributed by atoms with Crippen LogP contribution in [0.1, 0.15) is 58.2 Å². The van der Waals surface area contributed by atoms with Crippen LogP contribution in [0.25, 0.3) is 0 Å². The van der Waals surface area contributed by atoms with Crippen molar-refractivity contribution in [2.45, 2.75) is 64.6 Å². The Balaban J connectivity index is 1.72. The van der Waals surface area contributed by atoms with Crippen molar-refractivity contribution in [2.24, 2.45) is 5.92 Å². The van der Waals surface area contributed by atoms with E-state index in [-0.39, 0.29) is 0 Å². The van der Waals surface area contributed by atoms with Gasteiger partial charge in [-0.2, -0.15) is 5.10 Å². The van der Waals surface area contributed by atoms with Crippen LogP contribution in [0.15, 0.2) is 12.1 Å². The summed E-state index contributed by atoms with van der Waals surface area (Å²) in [5.74, 6) is 1.45. The molecule has 0 radical (unpaired) electrons. The zero-order valence-corrected chi connectivity index (χ0v) is 12.7. The van der Waals surface area contributed by atoms with Crippen molar-refractivity contribution in [3.8, 4) is 5.88 Å². The molecular weight excluding hydrogens is 250 g/mol. The zero-order valence-electron chi connectivity index (χ0n) is 12.7. The van der Waals surface area contributed by atoms with Crippen LogP contribution in [0.3, 0.4) is 0 Å². The van der Waals surface area contributed by atoms with E-state index < -0.39 is 0 Å². The van der Waals surface area contributed by atoms with Gasteiger partial charge in [0.05, 0.1) is 11.7 Å². The first-order valence-electron chi connectivity index (χ1n) is 7.89. The SMILES string of the molecule is CC(C)N1C[C@@H](C)CC[C@H]1c1ccc(OC2CC2)nn1. The Hall–Kier alpha value is -1.16. The van der Waals surface area contributed by atoms with Crippen molar-refractivity contribution in [3.63, 3.8) is 0 Å². The molecule has 0 aromatic carbocycles. The fourth-order valence-electron chi connectivity index (χ4n) is 3.00. The molecule has 1 aliphatic carbocycles. The van der Waals surface area contributed by atoms with Crippen LogP contribution in [0, 0.1) is 5.92 Å². The van der Waals surface area contributed by atoms with E-state index in [4.69, 9.17) is 4.74 Å². The molecule has 1 aliphatic heterocycles. The molecule has 20 heavy (non-hydrogen) atoms. The van der Waals surface area contributed by atoms with Crippen molar-refractivity contribution in [1.82, 2.24) is 15.1 Å². The van der Waals surface area contributed by atoms with Crippen molar-refractivity contribution >= 4 is 0 Å². The first-order valence-corrected chi connectivity index (χ1v) is 7.89. The smallest absolute Gasteiger partial charge is 0.233 e. The third kappa shape index (κ3) is 3.11. The lowest BCUT2D eigenvalue weighted by Crippen LogP contribution is -2.42. The number of ether oxygens (including phenoxy) is 1. The summed E-state index contributed by atoms with van der Waals surface area (Å²) in [7, 11) is 0. The molecule has 1 saturated heterocycles. The molecule has 110 valence electrons. The summed E-state index contributed by atoms with van der Waals surface area (Å²) in [5.41, 5.74) is 1.09. The van der Waals surface area contributed by atoms with Gasteiger partial charge in [0.2, 0.25) is 5.88 Å². The van der Waals surface area contributed by atoms with E-state index in [1.807, 2.05) is 6.07 Å². The first kappa shape index (κ1) is 13.8. The van der Waals surface area contributed by atoms with E-state index >= 15 is 0 Å². The van der Waals surface area contributed by atoms with E-state index in [0.29, 0.717) is 24.1 Å². The number of hydrogen-bond acceptors (Lipinski definition) is 4. The minimum atomic E-state index is 0.387. The summed E-state index contributed by atoms with van der Waals surface area (Å²) in [5, 5.41) is 8.67. The largest absolute Gasteiger partial charge is 0.473 e. The maximum absolute atomic E-state index is 5.67. The molecule has 0 spiro atoms. The normalized spacial score (nSPS) is 27.8. The monoisotopic (exact) mass is 275 g/mol. The standard InChI is InChI=1S/C16H25N3O/c1-11(2)19-10-12(3)4-8-15(19)14-7-9-16(18-17-14)20-13-5-6-13/h7,9,11-13,15H,4-6,8,10H2,1-3H3/t12-,15-/m0/s1. The number of piperidine rings is 1. The Kier molecular flexibility index (Phi) is 3.92. The lowest BCUT2D eigenvalue weighted by atomic mass is 9.91. The molecule has 1 aromatic rings. The van der Waals surface area contributed by atoms with Gasteiger partial charge >= 0.3 is 0 Å². The predicted molar refractivity (Wildman–Crippen MR) is 78.7 cm³/mol. The minimum Gasteiger partial charge on any atom is -0.473 e. The zero-order chi connectivity index (χ0) is 14.1. The van der Waals surface area contributed by atoms with Crippen LogP contribution in [0.5, 0.6) is 5.88 Å². The van der Waals surface area contributed by atoms with Crippen LogP contribution >= 0.6 is 0 Å². The van der Waals surface area contributed by atoms with E-state index in [0.717, 1.165) is 31.0 Å². The average Bonchev–Trinajstić information content (AvgIpc) is 3.24. The van der Waals surface area contributed by atoms with Gasteiger partial charge in [0, 0.05) is 18.7 Å². The number of hydrogen-bond donors (Lipinski definition) is 0. The lowest BCUT2D eigenvalue weighted by Gasteiger charge is -2.40. The van der Waals surface area contributed by atoms with Gasteiger partial charge < -0.3 is 4.74 Å². The molecule has 0 N–H and O–H groups in total. The summed E-state index contributed by atoms with van der Waals surface area (Å²) in [6.07, 6.45) is 5.15. The Labute approximate surface area is 121 Å². The molecule has 2 heterocycles. The van der Waals surface area contributed by atoms with Crippen LogP contribution in [-0.2, 0) is 0 Å². The molecule has 1 saturated carbocycles. The maximum Gasteiger partial charge on any atom is 0.233 e. The Bertz CT molecular complexity index is 442. The third-order valence-electron chi connectivity index (χ3n) is 4.33. The van der Waals surface area contributed by atoms with Crippen LogP contribution < -0.4 is 4.74 Å². The Morgan fingerprint density at radius 3 is 2.55 bits per heavy atom. The fraction of sp³-hybridized carbons (Fsp3) is 0.750. The first-order chi connectivity index (χ1) is 9.63. The van der Waals surface area contributed by atoms with Crippen molar-refractivity contribution < 1.29 is 4.74 Å². The van der Waals surface area contributed by atoms with E-state index in [2.05, 4.69) is 41.9 Å². The van der Waals surface area contributed by atoms with Crippen LogP contribution in [-0.4, -0.2) is 33.8 Å². The van der Waals surface area contributed by atoms with E-state index in [9.17, 15) is 0 Å². The number of likely N-dealkylation sites (tertiary alicyclic amines) is 1. The van der Waals surface area contributed by atoms with Gasteiger partial charge in [-0.15, -0.1) is 5.10 Å². The van der Waals surface area contributed by atoms with Crippen molar-refractivity contribution in [2.75, 3.05) is 6.54 Å². The number of aromatic nitrogens is 2. The van der Waals surface area contributed by atoms with Gasteiger partial charge in [-0.3, -0.25) is 4.90 Å². The van der Waals surface area contributed by atoms with Gasteiger partial charge in [-0.25, -0.2) is 0 Å². The maximum atomic E-state index is 5.67. The molecule has 1 aromatic heterocycles. The lowest BCUT2D eigenvalue weighted by molar-refractivity contribution is 0.0787. The molecule has 4 heteroatoms.